The number of benzene rings is 1. The molecular formula is C15H22N2O2. The summed E-state index contributed by atoms with van der Waals surface area (Å²) in [6.07, 6.45) is 0.825. The molecule has 19 heavy (non-hydrogen) atoms. The average Bonchev–Trinajstić information content (AvgIpc) is 2.42. The second-order valence-electron chi connectivity index (χ2n) is 4.62. The minimum absolute atomic E-state index is 0.0254. The van der Waals surface area contributed by atoms with Crippen LogP contribution in [-0.4, -0.2) is 31.3 Å². The van der Waals surface area contributed by atoms with Crippen LogP contribution in [0.25, 0.3) is 0 Å². The summed E-state index contributed by atoms with van der Waals surface area (Å²) in [7, 11) is 1.74. The summed E-state index contributed by atoms with van der Waals surface area (Å²) in [5, 5.41) is 2.92. The minimum atomic E-state index is -0.315. The third-order valence-electron chi connectivity index (χ3n) is 3.11. The number of carbonyl (C=O) groups excluding carboxylic acids is 2. The van der Waals surface area contributed by atoms with E-state index in [1.807, 2.05) is 31.2 Å². The van der Waals surface area contributed by atoms with Crippen LogP contribution >= 0.6 is 0 Å². The van der Waals surface area contributed by atoms with Crippen LogP contribution in [-0.2, 0) is 16.0 Å². The van der Waals surface area contributed by atoms with E-state index in [0.29, 0.717) is 0 Å². The zero-order valence-corrected chi connectivity index (χ0v) is 12.1. The molecule has 0 bridgehead atoms. The Hall–Kier alpha value is -1.68. The maximum absolute atomic E-state index is 12.4. The molecule has 1 atom stereocenters. The molecule has 0 aliphatic carbocycles. The Labute approximate surface area is 114 Å². The Morgan fingerprint density at radius 1 is 1.32 bits per heavy atom. The maximum atomic E-state index is 12.4. The third kappa shape index (κ3) is 3.89. The SMILES string of the molecule is CCc1ccccc1N(CC(C)=O)C(=O)[C@H](C)NC. The molecule has 0 aliphatic rings. The van der Waals surface area contributed by atoms with Gasteiger partial charge in [0.1, 0.15) is 5.78 Å². The van der Waals surface area contributed by atoms with Gasteiger partial charge in [-0.2, -0.15) is 0 Å². The number of hydrogen-bond acceptors (Lipinski definition) is 3. The molecule has 4 nitrogen and oxygen atoms in total. The zero-order chi connectivity index (χ0) is 14.4. The van der Waals surface area contributed by atoms with Crippen molar-refractivity contribution in [3.8, 4) is 0 Å². The highest BCUT2D eigenvalue weighted by Crippen LogP contribution is 2.21. The number of carbonyl (C=O) groups is 2. The fraction of sp³-hybridized carbons (Fsp3) is 0.467. The first kappa shape index (κ1) is 15.4. The van der Waals surface area contributed by atoms with E-state index in [4.69, 9.17) is 0 Å². The van der Waals surface area contributed by atoms with E-state index in [2.05, 4.69) is 5.32 Å². The van der Waals surface area contributed by atoms with E-state index >= 15 is 0 Å². The molecule has 104 valence electrons. The van der Waals surface area contributed by atoms with Crippen molar-refractivity contribution < 1.29 is 9.59 Å². The first-order valence-corrected chi connectivity index (χ1v) is 6.57. The first-order chi connectivity index (χ1) is 9.01. The van der Waals surface area contributed by atoms with E-state index in [0.717, 1.165) is 17.7 Å². The topological polar surface area (TPSA) is 49.4 Å². The largest absolute Gasteiger partial charge is 0.309 e. The number of Topliss-reactive ketones (excluding diaryl/α,β-unsaturated/α-hetero) is 1. The summed E-state index contributed by atoms with van der Waals surface area (Å²) < 4.78 is 0. The number of nitrogens with zero attached hydrogens (tertiary/aromatic N) is 1. The fourth-order valence-electron chi connectivity index (χ4n) is 1.93. The number of hydrogen-bond donors (Lipinski definition) is 1. The first-order valence-electron chi connectivity index (χ1n) is 6.57. The molecule has 4 heteroatoms. The van der Waals surface area contributed by atoms with Gasteiger partial charge >= 0.3 is 0 Å². The minimum Gasteiger partial charge on any atom is -0.309 e. The van der Waals surface area contributed by atoms with Crippen molar-refractivity contribution in [2.75, 3.05) is 18.5 Å². The molecule has 1 N–H and O–H groups in total. The summed E-state index contributed by atoms with van der Waals surface area (Å²) in [5.41, 5.74) is 1.90. The lowest BCUT2D eigenvalue weighted by molar-refractivity contribution is -0.123. The standard InChI is InChI=1S/C15H22N2O2/c1-5-13-8-6-7-9-14(13)17(10-11(2)18)15(19)12(3)16-4/h6-9,12,16H,5,10H2,1-4H3/t12-/m0/s1. The molecule has 1 aromatic carbocycles. The van der Waals surface area contributed by atoms with Gasteiger partial charge in [0, 0.05) is 5.69 Å². The number of para-hydroxylation sites is 1. The molecule has 0 aliphatic heterocycles. The van der Waals surface area contributed by atoms with Gasteiger partial charge in [-0.15, -0.1) is 0 Å². The Balaban J connectivity index is 3.16. The molecule has 0 saturated heterocycles. The molecule has 0 heterocycles. The van der Waals surface area contributed by atoms with Gasteiger partial charge in [-0.1, -0.05) is 25.1 Å². The fourth-order valence-corrected chi connectivity index (χ4v) is 1.93. The molecule has 0 radical (unpaired) electrons. The normalized spacial score (nSPS) is 12.0. The second-order valence-corrected chi connectivity index (χ2v) is 4.62. The summed E-state index contributed by atoms with van der Waals surface area (Å²) in [6.45, 7) is 5.45. The van der Waals surface area contributed by atoms with Gasteiger partial charge in [0.05, 0.1) is 12.6 Å². The van der Waals surface area contributed by atoms with E-state index in [9.17, 15) is 9.59 Å². The van der Waals surface area contributed by atoms with Crippen LogP contribution in [0.3, 0.4) is 0 Å². The van der Waals surface area contributed by atoms with E-state index in [1.54, 1.807) is 18.9 Å². The van der Waals surface area contributed by atoms with Gasteiger partial charge in [0.2, 0.25) is 5.91 Å². The van der Waals surface area contributed by atoms with Crippen molar-refractivity contribution in [1.29, 1.82) is 0 Å². The van der Waals surface area contributed by atoms with Crippen LogP contribution in [0, 0.1) is 0 Å². The quantitative estimate of drug-likeness (QED) is 0.850. The van der Waals surface area contributed by atoms with Crippen molar-refractivity contribution in [2.24, 2.45) is 0 Å². The van der Waals surface area contributed by atoms with Crippen LogP contribution in [0.5, 0.6) is 0 Å². The Morgan fingerprint density at radius 3 is 2.47 bits per heavy atom. The average molecular weight is 262 g/mol. The Bertz CT molecular complexity index is 457. The molecule has 0 fully saturated rings. The number of rotatable bonds is 6. The van der Waals surface area contributed by atoms with Crippen molar-refractivity contribution in [1.82, 2.24) is 5.32 Å². The molecule has 0 spiro atoms. The van der Waals surface area contributed by atoms with Gasteiger partial charge in [0.15, 0.2) is 0 Å². The van der Waals surface area contributed by atoms with Gasteiger partial charge in [-0.05, 0) is 38.9 Å². The summed E-state index contributed by atoms with van der Waals surface area (Å²) in [6, 6.07) is 7.39. The van der Waals surface area contributed by atoms with E-state index < -0.39 is 0 Å². The number of amides is 1. The molecule has 1 rings (SSSR count). The second kappa shape index (κ2) is 7.04. The van der Waals surface area contributed by atoms with Crippen molar-refractivity contribution in [3.05, 3.63) is 29.8 Å². The van der Waals surface area contributed by atoms with Crippen molar-refractivity contribution in [3.63, 3.8) is 0 Å². The lowest BCUT2D eigenvalue weighted by Gasteiger charge is -2.26. The smallest absolute Gasteiger partial charge is 0.244 e. The summed E-state index contributed by atoms with van der Waals surface area (Å²) in [4.78, 5) is 25.4. The Kier molecular flexibility index (Phi) is 5.70. The predicted molar refractivity (Wildman–Crippen MR) is 77.4 cm³/mol. The number of ketones is 1. The lowest BCUT2D eigenvalue weighted by atomic mass is 10.1. The van der Waals surface area contributed by atoms with Gasteiger partial charge in [0.25, 0.3) is 0 Å². The molecule has 1 aromatic rings. The zero-order valence-electron chi connectivity index (χ0n) is 12.1. The van der Waals surface area contributed by atoms with E-state index in [1.165, 1.54) is 6.92 Å². The Morgan fingerprint density at radius 2 is 1.95 bits per heavy atom. The molecular weight excluding hydrogens is 240 g/mol. The van der Waals surface area contributed by atoms with Crippen LogP contribution < -0.4 is 10.2 Å². The monoisotopic (exact) mass is 262 g/mol. The van der Waals surface area contributed by atoms with Gasteiger partial charge in [-0.3, -0.25) is 9.59 Å². The number of anilines is 1. The molecule has 0 unspecified atom stereocenters. The van der Waals surface area contributed by atoms with Crippen LogP contribution in [0.1, 0.15) is 26.3 Å². The van der Waals surface area contributed by atoms with Crippen LogP contribution in [0.15, 0.2) is 24.3 Å². The number of nitrogens with one attached hydrogen (secondary N) is 1. The highest BCUT2D eigenvalue weighted by atomic mass is 16.2. The summed E-state index contributed by atoms with van der Waals surface area (Å²) >= 11 is 0. The van der Waals surface area contributed by atoms with Gasteiger partial charge in [-0.25, -0.2) is 0 Å². The predicted octanol–water partition coefficient (Wildman–Crippen LogP) is 1.78. The van der Waals surface area contributed by atoms with Gasteiger partial charge < -0.3 is 10.2 Å². The van der Waals surface area contributed by atoms with Crippen molar-refractivity contribution >= 4 is 17.4 Å². The lowest BCUT2D eigenvalue weighted by Crippen LogP contribution is -2.46. The maximum Gasteiger partial charge on any atom is 0.244 e. The molecule has 0 saturated carbocycles. The summed E-state index contributed by atoms with van der Waals surface area (Å²) in [5.74, 6) is -0.110. The van der Waals surface area contributed by atoms with Crippen LogP contribution in [0.4, 0.5) is 5.69 Å². The third-order valence-corrected chi connectivity index (χ3v) is 3.11. The van der Waals surface area contributed by atoms with Crippen molar-refractivity contribution in [2.45, 2.75) is 33.2 Å². The number of likely N-dealkylation sites (N-methyl/N-ethyl adjacent to an activating group) is 1. The van der Waals surface area contributed by atoms with Crippen LogP contribution in [0.2, 0.25) is 0 Å². The highest BCUT2D eigenvalue weighted by Gasteiger charge is 2.23. The number of aryl methyl sites for hydroxylation is 1. The molecule has 1 amide bonds. The molecule has 0 aromatic heterocycles. The highest BCUT2D eigenvalue weighted by molar-refractivity contribution is 6.01. The van der Waals surface area contributed by atoms with E-state index in [-0.39, 0.29) is 24.3 Å².